The number of fused-ring (bicyclic) bond motifs is 1. The van der Waals surface area contributed by atoms with Crippen LogP contribution in [0.4, 0.5) is 11.5 Å². The molecule has 182 valence electrons. The zero-order valence-electron chi connectivity index (χ0n) is 19.6. The van der Waals surface area contributed by atoms with E-state index < -0.39 is 10.0 Å². The van der Waals surface area contributed by atoms with E-state index in [1.807, 2.05) is 30.7 Å². The van der Waals surface area contributed by atoms with Crippen molar-refractivity contribution in [3.8, 4) is 0 Å². The third-order valence-electron chi connectivity index (χ3n) is 6.69. The smallest absolute Gasteiger partial charge is 0.243 e. The molecule has 11 heteroatoms. The predicted octanol–water partition coefficient (Wildman–Crippen LogP) is 2.38. The maximum Gasteiger partial charge on any atom is 0.243 e. The lowest BCUT2D eigenvalue weighted by Crippen LogP contribution is -2.39. The highest BCUT2D eigenvalue weighted by atomic mass is 35.5. The number of piperidine rings is 1. The Bertz CT molecular complexity index is 1410. The van der Waals surface area contributed by atoms with Gasteiger partial charge in [-0.05, 0) is 61.3 Å². The van der Waals surface area contributed by atoms with Gasteiger partial charge in [-0.1, -0.05) is 23.8 Å². The summed E-state index contributed by atoms with van der Waals surface area (Å²) in [5.41, 5.74) is 9.82. The number of allylic oxidation sites excluding steroid dienone is 4. The first-order valence-electron chi connectivity index (χ1n) is 11.8. The number of aromatic nitrogens is 3. The summed E-state index contributed by atoms with van der Waals surface area (Å²) in [6.45, 7) is 1.70. The van der Waals surface area contributed by atoms with E-state index in [4.69, 9.17) is 22.3 Å². The van der Waals surface area contributed by atoms with Crippen LogP contribution in [-0.2, 0) is 10.0 Å². The van der Waals surface area contributed by atoms with Crippen molar-refractivity contribution in [1.82, 2.24) is 18.9 Å². The second-order valence-electron chi connectivity index (χ2n) is 9.15. The van der Waals surface area contributed by atoms with Gasteiger partial charge in [0.2, 0.25) is 10.0 Å². The van der Waals surface area contributed by atoms with Gasteiger partial charge in [-0.3, -0.25) is 0 Å². The number of nitrogens with one attached hydrogen (secondary N) is 1. The summed E-state index contributed by atoms with van der Waals surface area (Å²) < 4.78 is 29.3. The highest BCUT2D eigenvalue weighted by Gasteiger charge is 2.29. The van der Waals surface area contributed by atoms with Crippen LogP contribution in [0.2, 0.25) is 0 Å². The Morgan fingerprint density at radius 1 is 1.20 bits per heavy atom. The van der Waals surface area contributed by atoms with Crippen LogP contribution in [0, 0.1) is 5.92 Å². The molecule has 2 aromatic heterocycles. The average Bonchev–Trinajstić information content (AvgIpc) is 3.24. The zero-order chi connectivity index (χ0) is 24.6. The first-order chi connectivity index (χ1) is 16.8. The van der Waals surface area contributed by atoms with Crippen LogP contribution in [0.25, 0.3) is 11.2 Å². The maximum absolute atomic E-state index is 13.0. The standard InChI is InChI=1S/C24H28BClN6O2S/c25-20-15-29-32-23(13-22(30-24(20)32)19-3-1-2-4-21(19)26)28-14-16-9-11-31(12-10-16)35(33,34)18-7-5-17(27)6-8-18/h1,3,5-8,13,15-16,28H,2,4,9-12,14,25,27H2. The van der Waals surface area contributed by atoms with Gasteiger partial charge in [0.15, 0.2) is 5.65 Å². The number of nitrogens with zero attached hydrogens (tertiary/aromatic N) is 4. The van der Waals surface area contributed by atoms with Crippen molar-refractivity contribution < 1.29 is 8.42 Å². The molecule has 1 aliphatic heterocycles. The lowest BCUT2D eigenvalue weighted by atomic mass is 9.98. The quantitative estimate of drug-likeness (QED) is 0.390. The molecule has 3 aromatic rings. The molecule has 1 saturated heterocycles. The summed E-state index contributed by atoms with van der Waals surface area (Å²) in [7, 11) is -1.51. The topological polar surface area (TPSA) is 106 Å². The largest absolute Gasteiger partial charge is 0.399 e. The Labute approximate surface area is 211 Å². The van der Waals surface area contributed by atoms with Crippen LogP contribution in [0.15, 0.2) is 58.6 Å². The van der Waals surface area contributed by atoms with Crippen LogP contribution >= 0.6 is 11.6 Å². The number of sulfonamides is 1. The minimum Gasteiger partial charge on any atom is -0.399 e. The van der Waals surface area contributed by atoms with Gasteiger partial charge in [0.1, 0.15) is 13.7 Å². The van der Waals surface area contributed by atoms with E-state index >= 15 is 0 Å². The molecule has 0 saturated carbocycles. The summed E-state index contributed by atoms with van der Waals surface area (Å²) in [6, 6.07) is 8.38. The highest BCUT2D eigenvalue weighted by molar-refractivity contribution is 7.89. The van der Waals surface area contributed by atoms with Crippen molar-refractivity contribution in [3.63, 3.8) is 0 Å². The number of benzene rings is 1. The fourth-order valence-electron chi connectivity index (χ4n) is 4.59. The molecule has 0 bridgehead atoms. The molecule has 1 aliphatic carbocycles. The molecule has 3 N–H and O–H groups in total. The second-order valence-corrected chi connectivity index (χ2v) is 11.5. The summed E-state index contributed by atoms with van der Waals surface area (Å²) >= 11 is 6.52. The maximum atomic E-state index is 13.0. The van der Waals surface area contributed by atoms with Crippen molar-refractivity contribution in [1.29, 1.82) is 0 Å². The SMILES string of the molecule is Bc1cnn2c(NCC3CCN(S(=O)(=O)c4ccc(N)cc4)CC3)cc(C3=C(Cl)CCC=C3)nc12. The van der Waals surface area contributed by atoms with E-state index in [1.165, 1.54) is 0 Å². The van der Waals surface area contributed by atoms with Gasteiger partial charge in [-0.15, -0.1) is 0 Å². The molecular formula is C24H28BClN6O2S. The average molecular weight is 511 g/mol. The van der Waals surface area contributed by atoms with Crippen molar-refractivity contribution >= 4 is 57.7 Å². The lowest BCUT2D eigenvalue weighted by Gasteiger charge is -2.31. The van der Waals surface area contributed by atoms with E-state index in [0.29, 0.717) is 24.7 Å². The molecule has 0 amide bonds. The molecule has 1 fully saturated rings. The molecule has 8 nitrogen and oxygen atoms in total. The number of rotatable bonds is 6. The van der Waals surface area contributed by atoms with Gasteiger partial charge in [-0.2, -0.15) is 13.9 Å². The first-order valence-corrected chi connectivity index (χ1v) is 13.7. The molecule has 1 aromatic carbocycles. The van der Waals surface area contributed by atoms with Crippen LogP contribution < -0.4 is 16.5 Å². The third-order valence-corrected chi connectivity index (χ3v) is 9.00. The predicted molar refractivity (Wildman–Crippen MR) is 143 cm³/mol. The van der Waals surface area contributed by atoms with Gasteiger partial charge in [0, 0.05) is 48.2 Å². The summed E-state index contributed by atoms with van der Waals surface area (Å²) in [5.74, 6) is 1.19. The molecule has 0 radical (unpaired) electrons. The lowest BCUT2D eigenvalue weighted by molar-refractivity contribution is 0.282. The molecule has 0 unspecified atom stereocenters. The van der Waals surface area contributed by atoms with E-state index in [2.05, 4.69) is 16.5 Å². The number of halogens is 1. The van der Waals surface area contributed by atoms with Gasteiger partial charge in [-0.25, -0.2) is 13.4 Å². The van der Waals surface area contributed by atoms with Crippen molar-refractivity contribution in [2.24, 2.45) is 5.92 Å². The van der Waals surface area contributed by atoms with Crippen molar-refractivity contribution in [2.45, 2.75) is 30.6 Å². The van der Waals surface area contributed by atoms with Crippen molar-refractivity contribution in [2.75, 3.05) is 30.7 Å². The van der Waals surface area contributed by atoms with E-state index in [1.54, 1.807) is 28.6 Å². The Balaban J connectivity index is 1.29. The Hall–Kier alpha value is -2.82. The van der Waals surface area contributed by atoms with E-state index in [0.717, 1.165) is 65.5 Å². The number of anilines is 2. The van der Waals surface area contributed by atoms with E-state index in [-0.39, 0.29) is 4.90 Å². The zero-order valence-corrected chi connectivity index (χ0v) is 21.2. The molecule has 35 heavy (non-hydrogen) atoms. The minimum atomic E-state index is -3.51. The number of nitrogen functional groups attached to an aromatic ring is 1. The van der Waals surface area contributed by atoms with Gasteiger partial charge in [0.05, 0.1) is 10.6 Å². The minimum absolute atomic E-state index is 0.286. The molecule has 5 rings (SSSR count). The first kappa shape index (κ1) is 23.9. The normalized spacial score (nSPS) is 17.9. The Morgan fingerprint density at radius 3 is 2.66 bits per heavy atom. The number of nitrogens with two attached hydrogens (primary N) is 1. The fourth-order valence-corrected chi connectivity index (χ4v) is 6.33. The number of hydrogen-bond donors (Lipinski definition) is 2. The molecule has 0 atom stereocenters. The molecule has 3 heterocycles. The second kappa shape index (κ2) is 9.68. The summed E-state index contributed by atoms with van der Waals surface area (Å²) in [6.07, 6.45) is 9.28. The monoisotopic (exact) mass is 510 g/mol. The van der Waals surface area contributed by atoms with Crippen molar-refractivity contribution in [3.05, 3.63) is 59.4 Å². The van der Waals surface area contributed by atoms with Gasteiger partial charge in [0.25, 0.3) is 0 Å². The fraction of sp³-hybridized carbons (Fsp3) is 0.333. The summed E-state index contributed by atoms with van der Waals surface area (Å²) in [5, 5.41) is 8.87. The van der Waals surface area contributed by atoms with Crippen LogP contribution in [0.5, 0.6) is 0 Å². The summed E-state index contributed by atoms with van der Waals surface area (Å²) in [4.78, 5) is 5.11. The van der Waals surface area contributed by atoms with Crippen LogP contribution in [-0.4, -0.2) is 54.8 Å². The molecular weight excluding hydrogens is 483 g/mol. The van der Waals surface area contributed by atoms with Crippen LogP contribution in [0.3, 0.4) is 0 Å². The van der Waals surface area contributed by atoms with Gasteiger partial charge >= 0.3 is 0 Å². The third kappa shape index (κ3) is 4.83. The number of hydrogen-bond acceptors (Lipinski definition) is 6. The highest BCUT2D eigenvalue weighted by Crippen LogP contribution is 2.31. The van der Waals surface area contributed by atoms with E-state index in [9.17, 15) is 8.42 Å². The Morgan fingerprint density at radius 2 is 1.94 bits per heavy atom. The molecule has 0 spiro atoms. The Kier molecular flexibility index (Phi) is 6.61. The van der Waals surface area contributed by atoms with Crippen LogP contribution in [0.1, 0.15) is 31.4 Å². The van der Waals surface area contributed by atoms with Gasteiger partial charge < -0.3 is 11.1 Å². The molecule has 2 aliphatic rings.